The summed E-state index contributed by atoms with van der Waals surface area (Å²) in [6, 6.07) is 13.7. The van der Waals surface area contributed by atoms with Crippen LogP contribution in [0.5, 0.6) is 6.01 Å². The van der Waals surface area contributed by atoms with E-state index in [0.29, 0.717) is 13.0 Å². The highest BCUT2D eigenvalue weighted by atomic mass is 16.5. The summed E-state index contributed by atoms with van der Waals surface area (Å²) in [4.78, 5) is 31.6. The van der Waals surface area contributed by atoms with Gasteiger partial charge in [0.1, 0.15) is 6.54 Å². The molecule has 4 rings (SSSR count). The van der Waals surface area contributed by atoms with Crippen molar-refractivity contribution < 1.29 is 14.3 Å². The van der Waals surface area contributed by atoms with Crippen molar-refractivity contribution in [1.29, 1.82) is 0 Å². The quantitative estimate of drug-likeness (QED) is 0.190. The normalized spacial score (nSPS) is 10.9. The second-order valence-electron chi connectivity index (χ2n) is 6.77. The maximum atomic E-state index is 11.5. The number of carbonyl (C=O) groups excluding carboxylic acids is 1. The number of carbonyl (C=O) groups is 1. The highest BCUT2D eigenvalue weighted by Crippen LogP contribution is 2.16. The maximum Gasteiger partial charge on any atom is 0.325 e. The Morgan fingerprint density at radius 2 is 1.97 bits per heavy atom. The Morgan fingerprint density at radius 1 is 1.12 bits per heavy atom. The number of nitrogens with zero attached hydrogens (tertiary/aromatic N) is 5. The number of hydrazone groups is 1. The lowest BCUT2D eigenvalue weighted by molar-refractivity contribution is -0.138. The lowest BCUT2D eigenvalue weighted by atomic mass is 10.2. The number of benzene rings is 1. The molecule has 33 heavy (non-hydrogen) atoms. The number of para-hydroxylation sites is 1. The van der Waals surface area contributed by atoms with Gasteiger partial charge < -0.3 is 19.8 Å². The molecule has 0 unspecified atom stereocenters. The van der Waals surface area contributed by atoms with E-state index in [1.54, 1.807) is 12.4 Å². The highest BCUT2D eigenvalue weighted by Gasteiger charge is 2.10. The molecule has 0 aliphatic heterocycles. The average molecular weight is 446 g/mol. The number of aromatic amines is 1. The molecule has 0 aliphatic carbocycles. The Labute approximate surface area is 189 Å². The number of esters is 1. The molecule has 11 heteroatoms. The smallest absolute Gasteiger partial charge is 0.325 e. The van der Waals surface area contributed by atoms with Gasteiger partial charge in [0.2, 0.25) is 5.95 Å². The van der Waals surface area contributed by atoms with Gasteiger partial charge in [0, 0.05) is 41.0 Å². The number of fused-ring (bicyclic) bond motifs is 1. The van der Waals surface area contributed by atoms with Crippen LogP contribution in [0, 0.1) is 0 Å². The Hall–Kier alpha value is -4.54. The Kier molecular flexibility index (Phi) is 7.01. The first-order valence-electron chi connectivity index (χ1n) is 10.2. The van der Waals surface area contributed by atoms with Crippen molar-refractivity contribution >= 4 is 35.0 Å². The predicted molar refractivity (Wildman–Crippen MR) is 123 cm³/mol. The number of rotatable bonds is 10. The van der Waals surface area contributed by atoms with Crippen LogP contribution in [0.1, 0.15) is 11.3 Å². The van der Waals surface area contributed by atoms with Gasteiger partial charge in [0.15, 0.2) is 0 Å². The second kappa shape index (κ2) is 10.7. The SMILES string of the molecule is COC(=O)CNc1nc(N/N=C/c2c[nH]c3ccccc23)nc(OCCc2ccccn2)n1. The standard InChI is InChI=1S/C22H22N8O3/c1-32-19(31)14-25-20-27-21(29-22(28-20)33-11-9-16-6-4-5-10-23-16)30-26-13-15-12-24-18-8-3-2-7-17(15)18/h2-8,10,12-13,24H,9,11,14H2,1H3,(H2,25,27,28,29,30)/b26-13+. The zero-order valence-electron chi connectivity index (χ0n) is 17.9. The second-order valence-corrected chi connectivity index (χ2v) is 6.77. The third-order valence-corrected chi connectivity index (χ3v) is 4.54. The van der Waals surface area contributed by atoms with Crippen molar-refractivity contribution in [3.8, 4) is 6.01 Å². The first kappa shape index (κ1) is 21.7. The predicted octanol–water partition coefficient (Wildman–Crippen LogP) is 2.40. The van der Waals surface area contributed by atoms with E-state index < -0.39 is 5.97 Å². The van der Waals surface area contributed by atoms with Crippen LogP contribution in [0.25, 0.3) is 10.9 Å². The number of hydrogen-bond acceptors (Lipinski definition) is 10. The first-order valence-corrected chi connectivity index (χ1v) is 10.2. The maximum absolute atomic E-state index is 11.5. The minimum absolute atomic E-state index is 0.0816. The van der Waals surface area contributed by atoms with E-state index in [-0.39, 0.29) is 24.5 Å². The number of aromatic nitrogens is 5. The van der Waals surface area contributed by atoms with Gasteiger partial charge in [-0.3, -0.25) is 9.78 Å². The monoisotopic (exact) mass is 446 g/mol. The third kappa shape index (κ3) is 6.00. The lowest BCUT2D eigenvalue weighted by Crippen LogP contribution is -2.18. The van der Waals surface area contributed by atoms with Crippen LogP contribution in [0.4, 0.5) is 11.9 Å². The molecule has 168 valence electrons. The van der Waals surface area contributed by atoms with E-state index in [1.165, 1.54) is 7.11 Å². The van der Waals surface area contributed by atoms with Crippen LogP contribution in [0.2, 0.25) is 0 Å². The molecule has 0 fully saturated rings. The van der Waals surface area contributed by atoms with E-state index in [1.807, 2.05) is 48.7 Å². The van der Waals surface area contributed by atoms with Gasteiger partial charge in [0.05, 0.1) is 19.9 Å². The van der Waals surface area contributed by atoms with E-state index in [4.69, 9.17) is 4.74 Å². The van der Waals surface area contributed by atoms with Crippen LogP contribution in [0.15, 0.2) is 60.0 Å². The Morgan fingerprint density at radius 3 is 2.82 bits per heavy atom. The summed E-state index contributed by atoms with van der Waals surface area (Å²) in [7, 11) is 1.30. The Bertz CT molecular complexity index is 1240. The lowest BCUT2D eigenvalue weighted by Gasteiger charge is -2.09. The van der Waals surface area contributed by atoms with Crippen LogP contribution in [-0.2, 0) is 16.0 Å². The number of ether oxygens (including phenoxy) is 2. The van der Waals surface area contributed by atoms with Gasteiger partial charge in [-0.25, -0.2) is 5.43 Å². The average Bonchev–Trinajstić information content (AvgIpc) is 3.26. The van der Waals surface area contributed by atoms with Gasteiger partial charge in [-0.2, -0.15) is 20.1 Å². The zero-order chi connectivity index (χ0) is 22.9. The molecule has 0 bridgehead atoms. The number of H-pyrrole nitrogens is 1. The largest absolute Gasteiger partial charge is 0.468 e. The summed E-state index contributed by atoms with van der Waals surface area (Å²) in [5.74, 6) is -0.158. The third-order valence-electron chi connectivity index (χ3n) is 4.54. The zero-order valence-corrected chi connectivity index (χ0v) is 17.9. The fourth-order valence-corrected chi connectivity index (χ4v) is 2.93. The number of nitrogens with one attached hydrogen (secondary N) is 3. The minimum Gasteiger partial charge on any atom is -0.468 e. The van der Waals surface area contributed by atoms with Crippen molar-refractivity contribution in [2.75, 3.05) is 31.0 Å². The van der Waals surface area contributed by atoms with Gasteiger partial charge >= 0.3 is 12.0 Å². The van der Waals surface area contributed by atoms with E-state index in [9.17, 15) is 4.79 Å². The fraction of sp³-hybridized carbons (Fsp3) is 0.182. The summed E-state index contributed by atoms with van der Waals surface area (Å²) < 4.78 is 10.3. The molecule has 0 saturated heterocycles. The molecule has 1 aromatic carbocycles. The molecular weight excluding hydrogens is 424 g/mol. The van der Waals surface area contributed by atoms with Crippen molar-refractivity contribution in [2.24, 2.45) is 5.10 Å². The summed E-state index contributed by atoms with van der Waals surface area (Å²) in [5, 5.41) is 8.05. The number of hydrogen-bond donors (Lipinski definition) is 3. The van der Waals surface area contributed by atoms with Crippen molar-refractivity contribution in [1.82, 2.24) is 24.9 Å². The van der Waals surface area contributed by atoms with Gasteiger partial charge in [-0.05, 0) is 18.2 Å². The molecule has 0 amide bonds. The van der Waals surface area contributed by atoms with Gasteiger partial charge in [-0.15, -0.1) is 0 Å². The van der Waals surface area contributed by atoms with Crippen LogP contribution >= 0.6 is 0 Å². The number of pyridine rings is 1. The summed E-state index contributed by atoms with van der Waals surface area (Å²) in [5.41, 5.74) is 5.59. The van der Waals surface area contributed by atoms with Gasteiger partial charge in [-0.1, -0.05) is 24.3 Å². The van der Waals surface area contributed by atoms with Crippen LogP contribution in [-0.4, -0.2) is 57.4 Å². The van der Waals surface area contributed by atoms with Crippen molar-refractivity contribution in [3.63, 3.8) is 0 Å². The number of methoxy groups -OCH3 is 1. The molecule has 3 N–H and O–H groups in total. The molecular formula is C22H22N8O3. The van der Waals surface area contributed by atoms with Crippen molar-refractivity contribution in [3.05, 3.63) is 66.1 Å². The van der Waals surface area contributed by atoms with E-state index in [2.05, 4.69) is 45.5 Å². The van der Waals surface area contributed by atoms with Crippen LogP contribution < -0.4 is 15.5 Å². The molecule has 11 nitrogen and oxygen atoms in total. The summed E-state index contributed by atoms with van der Waals surface area (Å²) in [6.45, 7) is 0.210. The summed E-state index contributed by atoms with van der Waals surface area (Å²) >= 11 is 0. The van der Waals surface area contributed by atoms with Gasteiger partial charge in [0.25, 0.3) is 5.95 Å². The van der Waals surface area contributed by atoms with E-state index >= 15 is 0 Å². The minimum atomic E-state index is -0.458. The first-order chi connectivity index (χ1) is 16.2. The molecule has 0 aliphatic rings. The molecule has 3 heterocycles. The highest BCUT2D eigenvalue weighted by molar-refractivity contribution is 5.99. The molecule has 3 aromatic heterocycles. The molecule has 0 spiro atoms. The number of anilines is 2. The molecule has 0 radical (unpaired) electrons. The topological polar surface area (TPSA) is 139 Å². The van der Waals surface area contributed by atoms with E-state index in [0.717, 1.165) is 22.2 Å². The van der Waals surface area contributed by atoms with Crippen molar-refractivity contribution in [2.45, 2.75) is 6.42 Å². The molecule has 0 saturated carbocycles. The Balaban J connectivity index is 1.46. The summed E-state index contributed by atoms with van der Waals surface area (Å²) in [6.07, 6.45) is 5.82. The molecule has 4 aromatic rings. The molecule has 0 atom stereocenters. The van der Waals surface area contributed by atoms with Crippen LogP contribution in [0.3, 0.4) is 0 Å². The fourth-order valence-electron chi connectivity index (χ4n) is 2.93.